The van der Waals surface area contributed by atoms with Crippen LogP contribution in [0.4, 0.5) is 10.1 Å². The van der Waals surface area contributed by atoms with E-state index in [1.54, 1.807) is 60.7 Å². The highest BCUT2D eigenvalue weighted by Gasteiger charge is 2.15. The van der Waals surface area contributed by atoms with Gasteiger partial charge in [-0.25, -0.2) is 4.39 Å². The van der Waals surface area contributed by atoms with Gasteiger partial charge in [-0.3, -0.25) is 14.4 Å². The van der Waals surface area contributed by atoms with Crippen molar-refractivity contribution in [2.75, 3.05) is 11.9 Å². The number of hydrogen-bond donors (Lipinski definition) is 2. The van der Waals surface area contributed by atoms with Crippen molar-refractivity contribution in [1.29, 1.82) is 0 Å². The summed E-state index contributed by atoms with van der Waals surface area (Å²) in [6.45, 7) is 2.41. The summed E-state index contributed by atoms with van der Waals surface area (Å²) in [5.74, 6) is -0.991. The molecule has 0 saturated carbocycles. The number of nitrogens with one attached hydrogen (secondary N) is 2. The van der Waals surface area contributed by atoms with E-state index < -0.39 is 17.6 Å². The first-order chi connectivity index (χ1) is 19.4. The van der Waals surface area contributed by atoms with Crippen LogP contribution in [0.5, 0.6) is 5.75 Å². The average Bonchev–Trinajstić information content (AvgIpc) is 2.98. The summed E-state index contributed by atoms with van der Waals surface area (Å²) in [6, 6.07) is 27.8. The van der Waals surface area contributed by atoms with Crippen molar-refractivity contribution in [3.05, 3.63) is 143 Å². The summed E-state index contributed by atoms with van der Waals surface area (Å²) in [5.41, 5.74) is 2.52. The third kappa shape index (κ3) is 7.61. The van der Waals surface area contributed by atoms with Crippen LogP contribution in [0.1, 0.15) is 38.8 Å². The molecule has 0 fully saturated rings. The molecule has 0 saturated heterocycles. The highest BCUT2D eigenvalue weighted by atomic mass is 19.1. The van der Waals surface area contributed by atoms with Crippen molar-refractivity contribution in [3.8, 4) is 5.75 Å². The molecule has 0 aliphatic carbocycles. The summed E-state index contributed by atoms with van der Waals surface area (Å²) < 4.78 is 19.0. The molecule has 0 atom stereocenters. The Morgan fingerprint density at radius 1 is 0.800 bits per heavy atom. The van der Waals surface area contributed by atoms with Crippen LogP contribution in [0.2, 0.25) is 0 Å². The molecular weight excluding hydrogens is 507 g/mol. The normalized spacial score (nSPS) is 11.2. The zero-order chi connectivity index (χ0) is 28.3. The summed E-state index contributed by atoms with van der Waals surface area (Å²) in [6.07, 6.45) is 4.62. The molecule has 0 bridgehead atoms. The van der Waals surface area contributed by atoms with Gasteiger partial charge in [0.1, 0.15) is 17.3 Å². The second kappa shape index (κ2) is 13.5. The second-order valence-electron chi connectivity index (χ2n) is 8.63. The lowest BCUT2D eigenvalue weighted by atomic mass is 10.1. The van der Waals surface area contributed by atoms with Crippen LogP contribution in [-0.2, 0) is 4.79 Å². The standard InChI is InChI=1S/C33H27FN2O4/c1-2-40-31-11-7-6-8-25(31)16-21-30(37)24-14-19-28(20-15-24)35-33(39)29(22-23-12-17-27(34)18-13-23)36-32(38)26-9-4-3-5-10-26/h3-22H,2H2,1H3,(H,35,39)(H,36,38)/b21-16+,29-22-. The smallest absolute Gasteiger partial charge is 0.272 e. The fourth-order valence-electron chi connectivity index (χ4n) is 3.75. The van der Waals surface area contributed by atoms with Crippen molar-refractivity contribution < 1.29 is 23.5 Å². The lowest BCUT2D eigenvalue weighted by Crippen LogP contribution is -2.30. The van der Waals surface area contributed by atoms with E-state index in [2.05, 4.69) is 10.6 Å². The van der Waals surface area contributed by atoms with Crippen LogP contribution in [0.25, 0.3) is 12.2 Å². The fraction of sp³-hybridized carbons (Fsp3) is 0.0606. The van der Waals surface area contributed by atoms with Gasteiger partial charge in [-0.1, -0.05) is 48.5 Å². The molecular formula is C33H27FN2O4. The Kier molecular flexibility index (Phi) is 9.35. The van der Waals surface area contributed by atoms with Gasteiger partial charge in [-0.05, 0) is 85.3 Å². The number of hydrogen-bond acceptors (Lipinski definition) is 4. The number of carbonyl (C=O) groups is 3. The SMILES string of the molecule is CCOc1ccccc1/C=C/C(=O)c1ccc(NC(=O)/C(=C/c2ccc(F)cc2)NC(=O)c2ccccc2)cc1. The molecule has 0 aliphatic rings. The number of anilines is 1. The number of amides is 2. The van der Waals surface area contributed by atoms with Crippen LogP contribution >= 0.6 is 0 Å². The lowest BCUT2D eigenvalue weighted by Gasteiger charge is -2.12. The van der Waals surface area contributed by atoms with Crippen molar-refractivity contribution in [1.82, 2.24) is 5.32 Å². The van der Waals surface area contributed by atoms with Crippen LogP contribution in [-0.4, -0.2) is 24.2 Å². The van der Waals surface area contributed by atoms with Crippen LogP contribution in [0, 0.1) is 5.82 Å². The van der Waals surface area contributed by atoms with Crippen LogP contribution in [0.15, 0.2) is 115 Å². The predicted octanol–water partition coefficient (Wildman–Crippen LogP) is 6.53. The van der Waals surface area contributed by atoms with E-state index in [1.165, 1.54) is 36.4 Å². The summed E-state index contributed by atoms with van der Waals surface area (Å²) in [7, 11) is 0. The first-order valence-electron chi connectivity index (χ1n) is 12.6. The van der Waals surface area contributed by atoms with Gasteiger partial charge in [-0.2, -0.15) is 0 Å². The van der Waals surface area contributed by atoms with Crippen molar-refractivity contribution >= 4 is 35.4 Å². The van der Waals surface area contributed by atoms with E-state index >= 15 is 0 Å². The minimum Gasteiger partial charge on any atom is -0.493 e. The minimum atomic E-state index is -0.583. The highest BCUT2D eigenvalue weighted by molar-refractivity contribution is 6.11. The number of rotatable bonds is 10. The Morgan fingerprint density at radius 2 is 1.48 bits per heavy atom. The Balaban J connectivity index is 1.48. The molecule has 4 rings (SSSR count). The van der Waals surface area contributed by atoms with E-state index in [0.29, 0.717) is 34.7 Å². The van der Waals surface area contributed by atoms with Gasteiger partial charge in [0.05, 0.1) is 6.61 Å². The van der Waals surface area contributed by atoms with Gasteiger partial charge < -0.3 is 15.4 Å². The molecule has 4 aromatic carbocycles. The van der Waals surface area contributed by atoms with E-state index in [9.17, 15) is 18.8 Å². The number of halogens is 1. The molecule has 0 aromatic heterocycles. The molecule has 2 N–H and O–H groups in total. The first kappa shape index (κ1) is 27.7. The Labute approximate surface area is 231 Å². The van der Waals surface area contributed by atoms with Crippen molar-refractivity contribution in [3.63, 3.8) is 0 Å². The topological polar surface area (TPSA) is 84.5 Å². The summed E-state index contributed by atoms with van der Waals surface area (Å²) in [4.78, 5) is 38.6. The largest absolute Gasteiger partial charge is 0.493 e. The third-order valence-electron chi connectivity index (χ3n) is 5.77. The predicted molar refractivity (Wildman–Crippen MR) is 154 cm³/mol. The second-order valence-corrected chi connectivity index (χ2v) is 8.63. The number of para-hydroxylation sites is 1. The van der Waals surface area contributed by atoms with E-state index in [4.69, 9.17) is 4.74 Å². The molecule has 6 nitrogen and oxygen atoms in total. The Bertz CT molecular complexity index is 1540. The monoisotopic (exact) mass is 534 g/mol. The maximum Gasteiger partial charge on any atom is 0.272 e. The minimum absolute atomic E-state index is 0.0310. The van der Waals surface area contributed by atoms with Gasteiger partial charge in [0.15, 0.2) is 5.78 Å². The molecule has 4 aromatic rings. The fourth-order valence-corrected chi connectivity index (χ4v) is 3.75. The van der Waals surface area contributed by atoms with Gasteiger partial charge in [0.2, 0.25) is 0 Å². The van der Waals surface area contributed by atoms with Crippen molar-refractivity contribution in [2.24, 2.45) is 0 Å². The summed E-state index contributed by atoms with van der Waals surface area (Å²) in [5, 5.41) is 5.37. The molecule has 0 unspecified atom stereocenters. The van der Waals surface area contributed by atoms with Gasteiger partial charge in [0, 0.05) is 22.4 Å². The quantitative estimate of drug-likeness (QED) is 0.179. The maximum absolute atomic E-state index is 13.4. The third-order valence-corrected chi connectivity index (χ3v) is 5.77. The average molecular weight is 535 g/mol. The van der Waals surface area contributed by atoms with E-state index in [1.807, 2.05) is 31.2 Å². The first-order valence-corrected chi connectivity index (χ1v) is 12.6. The Hall–Kier alpha value is -5.30. The number of ketones is 1. The zero-order valence-corrected chi connectivity index (χ0v) is 21.8. The molecule has 0 aliphatic heterocycles. The van der Waals surface area contributed by atoms with E-state index in [-0.39, 0.29) is 11.5 Å². The van der Waals surface area contributed by atoms with Crippen molar-refractivity contribution in [2.45, 2.75) is 6.92 Å². The molecule has 0 spiro atoms. The molecule has 40 heavy (non-hydrogen) atoms. The van der Waals surface area contributed by atoms with E-state index in [0.717, 1.165) is 5.56 Å². The maximum atomic E-state index is 13.4. The Morgan fingerprint density at radius 3 is 2.17 bits per heavy atom. The zero-order valence-electron chi connectivity index (χ0n) is 21.8. The summed E-state index contributed by atoms with van der Waals surface area (Å²) >= 11 is 0. The van der Waals surface area contributed by atoms with Gasteiger partial charge >= 0.3 is 0 Å². The van der Waals surface area contributed by atoms with Crippen LogP contribution < -0.4 is 15.4 Å². The number of ether oxygens (including phenoxy) is 1. The van der Waals surface area contributed by atoms with Gasteiger partial charge in [0.25, 0.3) is 11.8 Å². The van der Waals surface area contributed by atoms with Gasteiger partial charge in [-0.15, -0.1) is 0 Å². The molecule has 200 valence electrons. The lowest BCUT2D eigenvalue weighted by molar-refractivity contribution is -0.113. The highest BCUT2D eigenvalue weighted by Crippen LogP contribution is 2.20. The molecule has 0 radical (unpaired) electrons. The number of benzene rings is 4. The molecule has 0 heterocycles. The molecule has 7 heteroatoms. The number of carbonyl (C=O) groups excluding carboxylic acids is 3. The number of allylic oxidation sites excluding steroid dienone is 1. The van der Waals surface area contributed by atoms with Crippen LogP contribution in [0.3, 0.4) is 0 Å². The molecule has 2 amide bonds.